The number of furan rings is 1. The molecule has 3 N–H and O–H groups in total. The molecule has 3 amide bonds. The summed E-state index contributed by atoms with van der Waals surface area (Å²) in [6.45, 7) is 2.62. The van der Waals surface area contributed by atoms with Crippen molar-refractivity contribution in [3.05, 3.63) is 54.0 Å². The summed E-state index contributed by atoms with van der Waals surface area (Å²) in [6.07, 6.45) is 1.43. The van der Waals surface area contributed by atoms with Crippen LogP contribution in [0.3, 0.4) is 0 Å². The molecule has 6 nitrogen and oxygen atoms in total. The fourth-order valence-electron chi connectivity index (χ4n) is 1.66. The van der Waals surface area contributed by atoms with Crippen molar-refractivity contribution < 1.29 is 14.0 Å². The Hall–Kier alpha value is -2.76. The van der Waals surface area contributed by atoms with Crippen LogP contribution in [-0.2, 0) is 0 Å². The summed E-state index contributed by atoms with van der Waals surface area (Å²) in [6, 6.07) is 10.4. The van der Waals surface area contributed by atoms with E-state index in [1.807, 2.05) is 31.2 Å². The van der Waals surface area contributed by atoms with Crippen molar-refractivity contribution in [2.45, 2.75) is 6.92 Å². The van der Waals surface area contributed by atoms with E-state index in [1.54, 1.807) is 12.1 Å². The van der Waals surface area contributed by atoms with Crippen molar-refractivity contribution in [3.8, 4) is 0 Å². The van der Waals surface area contributed by atoms with E-state index < -0.39 is 0 Å². The van der Waals surface area contributed by atoms with Crippen LogP contribution in [0, 0.1) is 6.92 Å². The van der Waals surface area contributed by atoms with Gasteiger partial charge in [-0.3, -0.25) is 4.79 Å². The minimum atomic E-state index is -0.314. The van der Waals surface area contributed by atoms with Gasteiger partial charge in [0.2, 0.25) is 0 Å². The lowest BCUT2D eigenvalue weighted by molar-refractivity contribution is 0.0926. The summed E-state index contributed by atoms with van der Waals surface area (Å²) in [5.74, 6) is -0.0557. The van der Waals surface area contributed by atoms with Crippen molar-refractivity contribution in [1.82, 2.24) is 10.6 Å². The SMILES string of the molecule is Cc1ccc(NC(=O)NCCNC(=O)c2ccco2)cc1. The summed E-state index contributed by atoms with van der Waals surface area (Å²) in [5, 5.41) is 7.99. The number of aryl methyl sites for hydroxylation is 1. The molecule has 21 heavy (non-hydrogen) atoms. The standard InChI is InChI=1S/C15H17N3O3/c1-11-4-6-12(7-5-11)18-15(20)17-9-8-16-14(19)13-3-2-10-21-13/h2-7,10H,8-9H2,1H3,(H,16,19)(H2,17,18,20). The van der Waals surface area contributed by atoms with Crippen LogP contribution in [-0.4, -0.2) is 25.0 Å². The Morgan fingerprint density at radius 2 is 1.76 bits per heavy atom. The molecule has 2 rings (SSSR count). The van der Waals surface area contributed by atoms with E-state index in [4.69, 9.17) is 4.42 Å². The van der Waals surface area contributed by atoms with Gasteiger partial charge in [0.1, 0.15) is 0 Å². The fraction of sp³-hybridized carbons (Fsp3) is 0.200. The van der Waals surface area contributed by atoms with E-state index in [-0.39, 0.29) is 17.7 Å². The monoisotopic (exact) mass is 287 g/mol. The Balaban J connectivity index is 1.65. The number of hydrogen-bond acceptors (Lipinski definition) is 3. The van der Waals surface area contributed by atoms with Crippen LogP contribution < -0.4 is 16.0 Å². The predicted octanol–water partition coefficient (Wildman–Crippen LogP) is 2.14. The van der Waals surface area contributed by atoms with Gasteiger partial charge < -0.3 is 20.4 Å². The maximum atomic E-state index is 11.6. The summed E-state index contributed by atoms with van der Waals surface area (Å²) < 4.78 is 4.95. The van der Waals surface area contributed by atoms with Crippen molar-refractivity contribution >= 4 is 17.6 Å². The maximum Gasteiger partial charge on any atom is 0.319 e. The lowest BCUT2D eigenvalue weighted by Crippen LogP contribution is -2.36. The van der Waals surface area contributed by atoms with Crippen LogP contribution in [0.1, 0.15) is 16.1 Å². The Morgan fingerprint density at radius 1 is 1.05 bits per heavy atom. The molecule has 6 heteroatoms. The number of anilines is 1. The maximum absolute atomic E-state index is 11.6. The molecule has 0 aliphatic rings. The van der Waals surface area contributed by atoms with Crippen molar-refractivity contribution in [1.29, 1.82) is 0 Å². The molecule has 1 aromatic carbocycles. The molecular formula is C15H17N3O3. The highest BCUT2D eigenvalue weighted by Gasteiger charge is 2.07. The van der Waals surface area contributed by atoms with Gasteiger partial charge in [-0.25, -0.2) is 4.79 Å². The molecule has 0 bridgehead atoms. The third-order valence-corrected chi connectivity index (χ3v) is 2.75. The molecule has 2 aromatic rings. The van der Waals surface area contributed by atoms with Crippen LogP contribution in [0.25, 0.3) is 0 Å². The average molecular weight is 287 g/mol. The van der Waals surface area contributed by atoms with Crippen LogP contribution in [0.5, 0.6) is 0 Å². The van der Waals surface area contributed by atoms with Gasteiger partial charge in [-0.05, 0) is 31.2 Å². The molecule has 0 saturated heterocycles. The van der Waals surface area contributed by atoms with Crippen molar-refractivity contribution in [3.63, 3.8) is 0 Å². The van der Waals surface area contributed by atoms with Gasteiger partial charge in [0.05, 0.1) is 6.26 Å². The third kappa shape index (κ3) is 4.68. The first kappa shape index (κ1) is 14.6. The molecule has 0 spiro atoms. The largest absolute Gasteiger partial charge is 0.459 e. The first-order valence-electron chi connectivity index (χ1n) is 6.58. The van der Waals surface area contributed by atoms with Gasteiger partial charge in [0.15, 0.2) is 5.76 Å². The molecule has 0 radical (unpaired) electrons. The fourth-order valence-corrected chi connectivity index (χ4v) is 1.66. The van der Waals surface area contributed by atoms with Crippen LogP contribution in [0.15, 0.2) is 47.1 Å². The molecule has 0 saturated carbocycles. The molecule has 110 valence electrons. The highest BCUT2D eigenvalue weighted by molar-refractivity contribution is 5.91. The number of nitrogens with one attached hydrogen (secondary N) is 3. The molecule has 0 fully saturated rings. The van der Waals surface area contributed by atoms with Crippen LogP contribution >= 0.6 is 0 Å². The zero-order chi connectivity index (χ0) is 15.1. The summed E-state index contributed by atoms with van der Waals surface area (Å²) in [5.41, 5.74) is 1.85. The highest BCUT2D eigenvalue weighted by Crippen LogP contribution is 2.07. The molecular weight excluding hydrogens is 270 g/mol. The van der Waals surface area contributed by atoms with Gasteiger partial charge in [-0.15, -0.1) is 0 Å². The van der Waals surface area contributed by atoms with Gasteiger partial charge in [0.25, 0.3) is 5.91 Å². The Morgan fingerprint density at radius 3 is 2.43 bits per heavy atom. The molecule has 0 unspecified atom stereocenters. The van der Waals surface area contributed by atoms with E-state index in [2.05, 4.69) is 16.0 Å². The van der Waals surface area contributed by atoms with Gasteiger partial charge in [0, 0.05) is 18.8 Å². The number of rotatable bonds is 5. The normalized spacial score (nSPS) is 9.95. The van der Waals surface area contributed by atoms with E-state index in [9.17, 15) is 9.59 Å². The molecule has 0 aliphatic heterocycles. The summed E-state index contributed by atoms with van der Waals surface area (Å²) in [4.78, 5) is 23.2. The number of benzene rings is 1. The number of urea groups is 1. The van der Waals surface area contributed by atoms with E-state index >= 15 is 0 Å². The van der Waals surface area contributed by atoms with E-state index in [0.717, 1.165) is 11.3 Å². The lowest BCUT2D eigenvalue weighted by atomic mass is 10.2. The zero-order valence-corrected chi connectivity index (χ0v) is 11.7. The Labute approximate surface area is 122 Å². The Bertz CT molecular complexity index is 591. The second-order valence-electron chi connectivity index (χ2n) is 4.48. The van der Waals surface area contributed by atoms with E-state index in [0.29, 0.717) is 13.1 Å². The molecule has 0 atom stereocenters. The molecule has 1 aromatic heterocycles. The smallest absolute Gasteiger partial charge is 0.319 e. The van der Waals surface area contributed by atoms with Gasteiger partial charge in [-0.1, -0.05) is 17.7 Å². The zero-order valence-electron chi connectivity index (χ0n) is 11.7. The lowest BCUT2D eigenvalue weighted by Gasteiger charge is -2.08. The predicted molar refractivity (Wildman–Crippen MR) is 79.2 cm³/mol. The second kappa shape index (κ2) is 7.14. The van der Waals surface area contributed by atoms with Crippen molar-refractivity contribution in [2.24, 2.45) is 0 Å². The first-order valence-corrected chi connectivity index (χ1v) is 6.58. The number of carbonyl (C=O) groups excluding carboxylic acids is 2. The Kier molecular flexibility index (Phi) is 4.98. The van der Waals surface area contributed by atoms with E-state index in [1.165, 1.54) is 6.26 Å². The van der Waals surface area contributed by atoms with Gasteiger partial charge >= 0.3 is 6.03 Å². The quantitative estimate of drug-likeness (QED) is 0.737. The number of hydrogen-bond donors (Lipinski definition) is 3. The first-order chi connectivity index (χ1) is 10.1. The van der Waals surface area contributed by atoms with Crippen LogP contribution in [0.2, 0.25) is 0 Å². The van der Waals surface area contributed by atoms with Gasteiger partial charge in [-0.2, -0.15) is 0 Å². The second-order valence-corrected chi connectivity index (χ2v) is 4.48. The summed E-state index contributed by atoms with van der Waals surface area (Å²) >= 11 is 0. The van der Waals surface area contributed by atoms with Crippen LogP contribution in [0.4, 0.5) is 10.5 Å². The minimum Gasteiger partial charge on any atom is -0.459 e. The highest BCUT2D eigenvalue weighted by atomic mass is 16.3. The number of amides is 3. The molecule has 1 heterocycles. The summed E-state index contributed by atoms with van der Waals surface area (Å²) in [7, 11) is 0. The average Bonchev–Trinajstić information content (AvgIpc) is 3.00. The minimum absolute atomic E-state index is 0.249. The topological polar surface area (TPSA) is 83.4 Å². The van der Waals surface area contributed by atoms with Crippen molar-refractivity contribution in [2.75, 3.05) is 18.4 Å². The third-order valence-electron chi connectivity index (χ3n) is 2.75. The molecule has 0 aliphatic carbocycles. The number of carbonyl (C=O) groups is 2.